The van der Waals surface area contributed by atoms with Crippen molar-refractivity contribution < 1.29 is 47.8 Å². The first-order valence-corrected chi connectivity index (χ1v) is 6.90. The van der Waals surface area contributed by atoms with E-state index < -0.39 is 45.4 Å². The van der Waals surface area contributed by atoms with E-state index in [1.54, 1.807) is 0 Å². The minimum atomic E-state index is -4.54. The van der Waals surface area contributed by atoms with Crippen LogP contribution in [0.4, 0.5) is 0 Å². The third kappa shape index (κ3) is 10.9. The molecule has 0 aromatic heterocycles. The number of carbonyl (C=O) groups excluding carboxylic acids is 2. The summed E-state index contributed by atoms with van der Waals surface area (Å²) in [5.41, 5.74) is 0. The second kappa shape index (κ2) is 9.01. The molecule has 2 unspecified atom stereocenters. The van der Waals surface area contributed by atoms with Gasteiger partial charge in [0, 0.05) is 13.8 Å². The minimum absolute atomic E-state index is 0.364. The Kier molecular flexibility index (Phi) is 8.54. The molecule has 0 radical (unpaired) electrons. The van der Waals surface area contributed by atoms with Crippen molar-refractivity contribution in [3.8, 4) is 0 Å². The van der Waals surface area contributed by atoms with Crippen molar-refractivity contribution in [2.75, 3.05) is 19.8 Å². The van der Waals surface area contributed by atoms with E-state index in [1.807, 2.05) is 0 Å². The number of rotatable bonds is 9. The quantitative estimate of drug-likeness (QED) is 0.272. The zero-order valence-corrected chi connectivity index (χ0v) is 11.8. The summed E-state index contributed by atoms with van der Waals surface area (Å²) in [5, 5.41) is 16.9. The molecule has 11 heteroatoms. The van der Waals surface area contributed by atoms with Crippen LogP contribution in [-0.4, -0.2) is 59.3 Å². The first-order valence-electron chi connectivity index (χ1n) is 5.41. The van der Waals surface area contributed by atoms with Gasteiger partial charge in [-0.25, -0.2) is 4.57 Å². The van der Waals surface area contributed by atoms with Gasteiger partial charge < -0.3 is 24.6 Å². The molecule has 0 spiro atoms. The highest BCUT2D eigenvalue weighted by atomic mass is 31.2. The molecule has 3 N–H and O–H groups in total. The van der Waals surface area contributed by atoms with E-state index >= 15 is 0 Å². The van der Waals surface area contributed by atoms with E-state index in [-0.39, 0.29) is 6.61 Å². The summed E-state index contributed by atoms with van der Waals surface area (Å²) in [7, 11) is -4.54. The summed E-state index contributed by atoms with van der Waals surface area (Å²) in [5.74, 6) is -1.33. The van der Waals surface area contributed by atoms with Crippen molar-refractivity contribution in [2.24, 2.45) is 0 Å². The number of esters is 2. The van der Waals surface area contributed by atoms with Crippen molar-refractivity contribution >= 4 is 19.8 Å². The van der Waals surface area contributed by atoms with Crippen LogP contribution in [0.25, 0.3) is 0 Å². The molecule has 0 saturated carbocycles. The van der Waals surface area contributed by atoms with Gasteiger partial charge >= 0.3 is 19.8 Å². The fourth-order valence-electron chi connectivity index (χ4n) is 0.937. The van der Waals surface area contributed by atoms with E-state index in [0.29, 0.717) is 0 Å². The third-order valence-electron chi connectivity index (χ3n) is 1.62. The number of phosphoric ester groups is 1. The third-order valence-corrected chi connectivity index (χ3v) is 2.57. The number of hydrogen-bond donors (Lipinski definition) is 3. The van der Waals surface area contributed by atoms with Crippen LogP contribution in [0.5, 0.6) is 0 Å². The first kappa shape index (κ1) is 19.0. The molecule has 0 bridgehead atoms. The summed E-state index contributed by atoms with van der Waals surface area (Å²) in [4.78, 5) is 30.6. The molecule has 0 amide bonds. The Morgan fingerprint density at radius 1 is 1.05 bits per heavy atom. The van der Waals surface area contributed by atoms with E-state index in [2.05, 4.69) is 13.8 Å². The zero-order chi connectivity index (χ0) is 15.8. The van der Waals surface area contributed by atoms with Gasteiger partial charge in [0.1, 0.15) is 13.2 Å². The van der Waals surface area contributed by atoms with Gasteiger partial charge in [0.15, 0.2) is 12.4 Å². The fraction of sp³-hybridized carbons (Fsp3) is 0.778. The van der Waals surface area contributed by atoms with Gasteiger partial charge in [0.05, 0.1) is 6.61 Å². The number of phosphoric acid groups is 1. The van der Waals surface area contributed by atoms with E-state index in [1.165, 1.54) is 0 Å². The Bertz CT molecular complexity index is 368. The van der Waals surface area contributed by atoms with Gasteiger partial charge in [0.25, 0.3) is 0 Å². The van der Waals surface area contributed by atoms with Gasteiger partial charge in [-0.05, 0) is 0 Å². The van der Waals surface area contributed by atoms with Crippen molar-refractivity contribution in [3.05, 3.63) is 0 Å². The van der Waals surface area contributed by atoms with Gasteiger partial charge in [-0.3, -0.25) is 18.6 Å². The number of aliphatic hydroxyl groups excluding tert-OH is 1. The van der Waals surface area contributed by atoms with E-state index in [4.69, 9.17) is 19.8 Å². The lowest BCUT2D eigenvalue weighted by molar-refractivity contribution is -0.158. The van der Waals surface area contributed by atoms with Crippen molar-refractivity contribution in [1.29, 1.82) is 0 Å². The highest BCUT2D eigenvalue weighted by Crippen LogP contribution is 2.43. The van der Waals surface area contributed by atoms with Crippen LogP contribution in [0.2, 0.25) is 0 Å². The Labute approximate surface area is 114 Å². The van der Waals surface area contributed by atoms with Crippen LogP contribution in [0.15, 0.2) is 0 Å². The molecule has 10 nitrogen and oxygen atoms in total. The second-order valence-corrected chi connectivity index (χ2v) is 5.03. The summed E-state index contributed by atoms with van der Waals surface area (Å²) in [6, 6.07) is 0. The lowest BCUT2D eigenvalue weighted by atomic mass is 10.4. The van der Waals surface area contributed by atoms with Crippen molar-refractivity contribution in [1.82, 2.24) is 0 Å². The highest BCUT2D eigenvalue weighted by Gasteiger charge is 2.26. The summed E-state index contributed by atoms with van der Waals surface area (Å²) in [6.45, 7) is 0.446. The Morgan fingerprint density at radius 3 is 2.05 bits per heavy atom. The summed E-state index contributed by atoms with van der Waals surface area (Å²) >= 11 is 0. The van der Waals surface area contributed by atoms with Crippen LogP contribution in [0.3, 0.4) is 0 Å². The molecule has 20 heavy (non-hydrogen) atoms. The maximum Gasteiger partial charge on any atom is 0.472 e. The molecule has 0 saturated heterocycles. The van der Waals surface area contributed by atoms with Crippen LogP contribution < -0.4 is 0 Å². The highest BCUT2D eigenvalue weighted by molar-refractivity contribution is 7.47. The number of ether oxygens (including phenoxy) is 2. The summed E-state index contributed by atoms with van der Waals surface area (Å²) in [6.07, 6.45) is -3.04. The molecule has 0 heterocycles. The number of aliphatic hydroxyl groups is 2. The molecule has 0 aromatic carbocycles. The maximum absolute atomic E-state index is 11.3. The van der Waals surface area contributed by atoms with Crippen LogP contribution in [-0.2, 0) is 32.7 Å². The van der Waals surface area contributed by atoms with Crippen molar-refractivity contribution in [2.45, 2.75) is 26.2 Å². The Hall–Kier alpha value is -1.03. The van der Waals surface area contributed by atoms with Gasteiger partial charge in [-0.2, -0.15) is 0 Å². The Balaban J connectivity index is 4.31. The minimum Gasteiger partial charge on any atom is -0.462 e. The van der Waals surface area contributed by atoms with Crippen LogP contribution >= 0.6 is 7.82 Å². The van der Waals surface area contributed by atoms with Gasteiger partial charge in [0.2, 0.25) is 0 Å². The predicted octanol–water partition coefficient (Wildman–Crippen LogP) is -1.07. The van der Waals surface area contributed by atoms with Crippen molar-refractivity contribution in [3.63, 3.8) is 0 Å². The molecular formula is C9H17O10P. The topological polar surface area (TPSA) is 149 Å². The second-order valence-electron chi connectivity index (χ2n) is 3.57. The number of carbonyl (C=O) groups is 2. The molecule has 118 valence electrons. The van der Waals surface area contributed by atoms with Crippen LogP contribution in [0.1, 0.15) is 13.8 Å². The maximum atomic E-state index is 11.3. The zero-order valence-electron chi connectivity index (χ0n) is 10.9. The lowest BCUT2D eigenvalue weighted by Crippen LogP contribution is -2.28. The molecule has 0 fully saturated rings. The standard InChI is InChI=1S/C9H17O10P/c1-6(10)16-3-8(19-7(2)11)4-17-20(14,15)18-5-9(12)13/h8-9,12-13H,3-5H2,1-2H3,(H,14,15). The summed E-state index contributed by atoms with van der Waals surface area (Å²) < 4.78 is 29.2. The largest absolute Gasteiger partial charge is 0.472 e. The lowest BCUT2D eigenvalue weighted by Gasteiger charge is -2.18. The van der Waals surface area contributed by atoms with Gasteiger partial charge in [-0.15, -0.1) is 0 Å². The van der Waals surface area contributed by atoms with E-state index in [0.717, 1.165) is 13.8 Å². The first-order chi connectivity index (χ1) is 9.12. The predicted molar refractivity (Wildman–Crippen MR) is 62.1 cm³/mol. The smallest absolute Gasteiger partial charge is 0.462 e. The monoisotopic (exact) mass is 316 g/mol. The van der Waals surface area contributed by atoms with Crippen LogP contribution in [0, 0.1) is 0 Å². The van der Waals surface area contributed by atoms with Gasteiger partial charge in [-0.1, -0.05) is 0 Å². The molecule has 0 aliphatic heterocycles. The average Bonchev–Trinajstić information content (AvgIpc) is 2.30. The normalized spacial score (nSPS) is 15.5. The molecule has 2 atom stereocenters. The average molecular weight is 316 g/mol. The molecule has 0 aliphatic rings. The number of hydrogen-bond acceptors (Lipinski definition) is 9. The molecular weight excluding hydrogens is 299 g/mol. The molecule has 0 aromatic rings. The Morgan fingerprint density at radius 2 is 1.60 bits per heavy atom. The SMILES string of the molecule is CC(=O)OCC(COP(=O)(O)OCC(O)O)OC(C)=O. The fourth-order valence-corrected chi connectivity index (χ4v) is 1.69. The van der Waals surface area contributed by atoms with E-state index in [9.17, 15) is 14.2 Å². The molecule has 0 rings (SSSR count). The molecule has 0 aliphatic carbocycles.